The van der Waals surface area contributed by atoms with Crippen LogP contribution in [-0.2, 0) is 0 Å². The van der Waals surface area contributed by atoms with E-state index in [4.69, 9.17) is 5.73 Å². The zero-order valence-electron chi connectivity index (χ0n) is 13.0. The number of rotatable bonds is 7. The number of carbonyl (C=O) groups excluding carboxylic acids is 1. The summed E-state index contributed by atoms with van der Waals surface area (Å²) < 4.78 is 0. The van der Waals surface area contributed by atoms with Crippen LogP contribution in [0.4, 0.5) is 10.7 Å². The fourth-order valence-electron chi connectivity index (χ4n) is 2.44. The quantitative estimate of drug-likeness (QED) is 0.763. The van der Waals surface area contributed by atoms with E-state index in [2.05, 4.69) is 18.9 Å². The van der Waals surface area contributed by atoms with Crippen molar-refractivity contribution in [3.05, 3.63) is 10.4 Å². The van der Waals surface area contributed by atoms with Gasteiger partial charge in [0, 0.05) is 25.1 Å². The van der Waals surface area contributed by atoms with Crippen molar-refractivity contribution in [3.8, 4) is 0 Å². The molecular weight excluding hydrogens is 268 g/mol. The van der Waals surface area contributed by atoms with Gasteiger partial charge in [0.2, 0.25) is 0 Å². The monoisotopic (exact) mass is 294 g/mol. The minimum absolute atomic E-state index is 0.0109. The van der Waals surface area contributed by atoms with Crippen molar-refractivity contribution in [2.24, 2.45) is 5.92 Å². The van der Waals surface area contributed by atoms with Crippen LogP contribution in [0.25, 0.3) is 0 Å². The number of ketones is 1. The summed E-state index contributed by atoms with van der Waals surface area (Å²) in [6, 6.07) is 0. The Balaban J connectivity index is 2.35. The van der Waals surface area contributed by atoms with E-state index < -0.39 is 0 Å². The number of hydrogen-bond donors (Lipinski definition) is 1. The molecule has 0 bridgehead atoms. The van der Waals surface area contributed by atoms with Gasteiger partial charge in [0.05, 0.1) is 15.6 Å². The Kier molecular flexibility index (Phi) is 4.74. The van der Waals surface area contributed by atoms with Gasteiger partial charge in [-0.15, -0.1) is 11.3 Å². The van der Waals surface area contributed by atoms with Crippen LogP contribution < -0.4 is 10.6 Å². The Bertz CT molecular complexity index is 489. The largest absolute Gasteiger partial charge is 0.397 e. The van der Waals surface area contributed by atoms with Gasteiger partial charge < -0.3 is 10.6 Å². The lowest BCUT2D eigenvalue weighted by molar-refractivity contribution is 0.0944. The molecule has 112 valence electrons. The smallest absolute Gasteiger partial charge is 0.177 e. The summed E-state index contributed by atoms with van der Waals surface area (Å²) in [5.41, 5.74) is 8.32. The number of unbranched alkanes of at least 4 members (excludes halogenated alkanes) is 1. The molecule has 2 rings (SSSR count). The summed E-state index contributed by atoms with van der Waals surface area (Å²) in [5, 5.41) is 1.22. The van der Waals surface area contributed by atoms with Crippen molar-refractivity contribution in [1.29, 1.82) is 0 Å². The highest BCUT2D eigenvalue weighted by atomic mass is 32.1. The molecule has 0 aliphatic heterocycles. The van der Waals surface area contributed by atoms with E-state index in [0.29, 0.717) is 5.92 Å². The molecule has 1 aromatic heterocycles. The highest BCUT2D eigenvalue weighted by Gasteiger charge is 2.34. The first kappa shape index (κ1) is 15.4. The molecule has 0 unspecified atom stereocenters. The molecule has 1 heterocycles. The van der Waals surface area contributed by atoms with Gasteiger partial charge in [0.15, 0.2) is 5.78 Å². The molecule has 0 atom stereocenters. The van der Waals surface area contributed by atoms with Gasteiger partial charge in [-0.3, -0.25) is 4.79 Å². The van der Waals surface area contributed by atoms with Crippen LogP contribution in [0.3, 0.4) is 0 Å². The van der Waals surface area contributed by atoms with Gasteiger partial charge in [0.25, 0.3) is 0 Å². The zero-order chi connectivity index (χ0) is 14.9. The van der Waals surface area contributed by atoms with Crippen molar-refractivity contribution >= 4 is 27.8 Å². The van der Waals surface area contributed by atoms with Crippen molar-refractivity contribution in [1.82, 2.24) is 0 Å². The maximum atomic E-state index is 12.3. The van der Waals surface area contributed by atoms with E-state index in [0.717, 1.165) is 17.1 Å². The SMILES string of the molecule is CCCCN(C)c1sc(C(=O)C(C)C)c(N)c1C1CC1. The predicted molar refractivity (Wildman–Crippen MR) is 88.1 cm³/mol. The van der Waals surface area contributed by atoms with Crippen molar-refractivity contribution in [2.75, 3.05) is 24.2 Å². The van der Waals surface area contributed by atoms with Crippen LogP contribution >= 0.6 is 11.3 Å². The summed E-state index contributed by atoms with van der Waals surface area (Å²) in [6.45, 7) is 7.12. The molecule has 0 radical (unpaired) electrons. The van der Waals surface area contributed by atoms with Crippen LogP contribution in [0, 0.1) is 5.92 Å². The summed E-state index contributed by atoms with van der Waals surface area (Å²) >= 11 is 1.60. The first-order valence-electron chi connectivity index (χ1n) is 7.64. The molecule has 1 aliphatic carbocycles. The molecule has 20 heavy (non-hydrogen) atoms. The molecular formula is C16H26N2OS. The van der Waals surface area contributed by atoms with E-state index >= 15 is 0 Å². The molecule has 0 saturated heterocycles. The first-order chi connectivity index (χ1) is 9.47. The maximum absolute atomic E-state index is 12.3. The molecule has 2 N–H and O–H groups in total. The predicted octanol–water partition coefficient (Wildman–Crippen LogP) is 4.28. The molecule has 1 aliphatic rings. The second-order valence-corrected chi connectivity index (χ2v) is 7.13. The highest BCUT2D eigenvalue weighted by Crippen LogP contribution is 2.52. The van der Waals surface area contributed by atoms with Crippen molar-refractivity contribution in [2.45, 2.75) is 52.4 Å². The second-order valence-electron chi connectivity index (χ2n) is 6.13. The standard InChI is InChI=1S/C16H26N2OS/c1-5-6-9-18(4)16-12(11-7-8-11)13(17)15(20-16)14(19)10(2)3/h10-11H,5-9,17H2,1-4H3. The number of nitrogens with zero attached hydrogens (tertiary/aromatic N) is 1. The number of thiophene rings is 1. The fourth-order valence-corrected chi connectivity index (χ4v) is 3.82. The number of carbonyl (C=O) groups is 1. The average Bonchev–Trinajstić information content (AvgIpc) is 3.18. The van der Waals surface area contributed by atoms with Gasteiger partial charge in [-0.25, -0.2) is 0 Å². The third-order valence-electron chi connectivity index (χ3n) is 3.89. The Hall–Kier alpha value is -1.03. The van der Waals surface area contributed by atoms with Crippen LogP contribution in [0.2, 0.25) is 0 Å². The summed E-state index contributed by atoms with van der Waals surface area (Å²) in [4.78, 5) is 15.4. The van der Waals surface area contributed by atoms with E-state index in [1.165, 1.54) is 36.2 Å². The zero-order valence-corrected chi connectivity index (χ0v) is 13.8. The molecule has 1 aromatic rings. The summed E-state index contributed by atoms with van der Waals surface area (Å²) in [7, 11) is 2.12. The maximum Gasteiger partial charge on any atom is 0.177 e. The number of nitrogen functional groups attached to an aromatic ring is 1. The normalized spacial score (nSPS) is 14.8. The molecule has 0 aromatic carbocycles. The summed E-state index contributed by atoms with van der Waals surface area (Å²) in [5.74, 6) is 0.778. The van der Waals surface area contributed by atoms with Crippen LogP contribution in [0.5, 0.6) is 0 Å². The lowest BCUT2D eigenvalue weighted by Crippen LogP contribution is -2.18. The second kappa shape index (κ2) is 6.17. The molecule has 3 nitrogen and oxygen atoms in total. The highest BCUT2D eigenvalue weighted by molar-refractivity contribution is 7.19. The first-order valence-corrected chi connectivity index (χ1v) is 8.46. The lowest BCUT2D eigenvalue weighted by Gasteiger charge is -2.19. The van der Waals surface area contributed by atoms with E-state index in [-0.39, 0.29) is 11.7 Å². The molecule has 1 fully saturated rings. The fraction of sp³-hybridized carbons (Fsp3) is 0.688. The van der Waals surface area contributed by atoms with Gasteiger partial charge >= 0.3 is 0 Å². The summed E-state index contributed by atoms with van der Waals surface area (Å²) in [6.07, 6.45) is 4.78. The van der Waals surface area contributed by atoms with Crippen LogP contribution in [0.1, 0.15) is 67.6 Å². The van der Waals surface area contributed by atoms with Crippen molar-refractivity contribution in [3.63, 3.8) is 0 Å². The topological polar surface area (TPSA) is 46.3 Å². The van der Waals surface area contributed by atoms with E-state index in [1.807, 2.05) is 13.8 Å². The van der Waals surface area contributed by atoms with E-state index in [1.54, 1.807) is 11.3 Å². The Morgan fingerprint density at radius 1 is 1.45 bits per heavy atom. The molecule has 1 saturated carbocycles. The number of anilines is 2. The molecule has 4 heteroatoms. The van der Waals surface area contributed by atoms with Crippen LogP contribution in [0.15, 0.2) is 0 Å². The number of nitrogens with two attached hydrogens (primary N) is 1. The Labute approximate surface area is 126 Å². The van der Waals surface area contributed by atoms with Crippen LogP contribution in [-0.4, -0.2) is 19.4 Å². The Morgan fingerprint density at radius 2 is 2.10 bits per heavy atom. The van der Waals surface area contributed by atoms with Gasteiger partial charge in [-0.1, -0.05) is 27.2 Å². The number of Topliss-reactive ketones (excluding diaryl/α,β-unsaturated/α-hetero) is 1. The molecule has 0 spiro atoms. The Morgan fingerprint density at radius 3 is 2.60 bits per heavy atom. The third kappa shape index (κ3) is 3.00. The van der Waals surface area contributed by atoms with E-state index in [9.17, 15) is 4.79 Å². The molecule has 0 amide bonds. The number of hydrogen-bond acceptors (Lipinski definition) is 4. The van der Waals surface area contributed by atoms with Gasteiger partial charge in [0.1, 0.15) is 0 Å². The van der Waals surface area contributed by atoms with Gasteiger partial charge in [-0.05, 0) is 25.2 Å². The van der Waals surface area contributed by atoms with Crippen molar-refractivity contribution < 1.29 is 4.79 Å². The minimum atomic E-state index is 0.0109. The van der Waals surface area contributed by atoms with Gasteiger partial charge in [-0.2, -0.15) is 0 Å². The lowest BCUT2D eigenvalue weighted by atomic mass is 10.0. The average molecular weight is 294 g/mol. The minimum Gasteiger partial charge on any atom is -0.397 e. The third-order valence-corrected chi connectivity index (χ3v) is 5.24.